The van der Waals surface area contributed by atoms with E-state index in [1.807, 2.05) is 50.2 Å². The predicted octanol–water partition coefficient (Wildman–Crippen LogP) is 4.43. The maximum absolute atomic E-state index is 13.4. The Morgan fingerprint density at radius 2 is 1.83 bits per heavy atom. The predicted molar refractivity (Wildman–Crippen MR) is 138 cm³/mol. The summed E-state index contributed by atoms with van der Waals surface area (Å²) in [6.07, 6.45) is 3.31. The summed E-state index contributed by atoms with van der Waals surface area (Å²) in [5, 5.41) is 10.3. The van der Waals surface area contributed by atoms with Crippen molar-refractivity contribution in [3.8, 4) is 28.6 Å². The number of methoxy groups -OCH3 is 1. The summed E-state index contributed by atoms with van der Waals surface area (Å²) >= 11 is 0. The van der Waals surface area contributed by atoms with Gasteiger partial charge in [0.25, 0.3) is 5.56 Å². The molecule has 1 aromatic carbocycles. The van der Waals surface area contributed by atoms with Crippen LogP contribution in [-0.2, 0) is 12.2 Å². The lowest BCUT2D eigenvalue weighted by Gasteiger charge is -2.18. The molecule has 3 aromatic heterocycles. The van der Waals surface area contributed by atoms with Crippen molar-refractivity contribution in [3.63, 3.8) is 0 Å². The molecule has 0 spiro atoms. The van der Waals surface area contributed by atoms with Crippen LogP contribution in [0.15, 0.2) is 59.7 Å². The zero-order valence-electron chi connectivity index (χ0n) is 21.4. The first kappa shape index (κ1) is 25.1. The largest absolute Gasteiger partial charge is 0.497 e. The molecule has 0 saturated carbocycles. The first-order valence-corrected chi connectivity index (χ1v) is 11.6. The third-order valence-corrected chi connectivity index (χ3v) is 5.88. The van der Waals surface area contributed by atoms with E-state index < -0.39 is 5.60 Å². The van der Waals surface area contributed by atoms with Gasteiger partial charge in [-0.25, -0.2) is 9.97 Å². The maximum Gasteiger partial charge on any atom is 0.261 e. The lowest BCUT2D eigenvalue weighted by atomic mass is 10.1. The van der Waals surface area contributed by atoms with Gasteiger partial charge < -0.3 is 14.6 Å². The summed E-state index contributed by atoms with van der Waals surface area (Å²) in [4.78, 5) is 26.7. The molecule has 0 bridgehead atoms. The fraction of sp³-hybridized carbons (Fsp3) is 0.286. The molecular formula is C28H30N4O4. The molecule has 8 nitrogen and oxygen atoms in total. The number of ether oxygens (including phenoxy) is 2. The van der Waals surface area contributed by atoms with Crippen molar-refractivity contribution < 1.29 is 14.6 Å². The first-order chi connectivity index (χ1) is 17.1. The van der Waals surface area contributed by atoms with Crippen LogP contribution in [0.5, 0.6) is 11.5 Å². The fourth-order valence-electron chi connectivity index (χ4n) is 3.87. The summed E-state index contributed by atoms with van der Waals surface area (Å²) in [5.74, 6) is 1.59. The Hall–Kier alpha value is -4.04. The van der Waals surface area contributed by atoms with Crippen LogP contribution < -0.4 is 15.0 Å². The number of nitrogens with zero attached hydrogens (tertiary/aromatic N) is 4. The van der Waals surface area contributed by atoms with E-state index >= 15 is 0 Å². The Kier molecular flexibility index (Phi) is 6.90. The molecule has 0 saturated heterocycles. The summed E-state index contributed by atoms with van der Waals surface area (Å²) in [7, 11) is 1.62. The van der Waals surface area contributed by atoms with Crippen LogP contribution in [0.2, 0.25) is 0 Å². The molecule has 4 aromatic rings. The molecule has 0 aliphatic heterocycles. The van der Waals surface area contributed by atoms with Gasteiger partial charge in [0.1, 0.15) is 23.7 Å². The van der Waals surface area contributed by atoms with Crippen LogP contribution in [0.3, 0.4) is 0 Å². The molecule has 3 heterocycles. The molecule has 0 unspecified atom stereocenters. The van der Waals surface area contributed by atoms with E-state index in [0.717, 1.165) is 22.6 Å². The second-order valence-corrected chi connectivity index (χ2v) is 9.24. The highest BCUT2D eigenvalue weighted by Crippen LogP contribution is 2.26. The van der Waals surface area contributed by atoms with E-state index in [1.54, 1.807) is 50.9 Å². The molecule has 0 aliphatic rings. The molecule has 0 atom stereocenters. The number of aryl methyl sites for hydroxylation is 2. The minimum atomic E-state index is -1.19. The minimum absolute atomic E-state index is 0.176. The Balaban J connectivity index is 1.69. The van der Waals surface area contributed by atoms with Gasteiger partial charge in [-0.15, -0.1) is 0 Å². The first-order valence-electron chi connectivity index (χ1n) is 11.6. The van der Waals surface area contributed by atoms with Crippen molar-refractivity contribution in [2.75, 3.05) is 7.11 Å². The highest BCUT2D eigenvalue weighted by atomic mass is 16.5. The van der Waals surface area contributed by atoms with E-state index in [2.05, 4.69) is 15.0 Å². The monoisotopic (exact) mass is 486 g/mol. The SMILES string of the molecule is COc1cccc(COc2cc(C)n(-c3ccnc(-c4nc(C(C)(C)O)ncc4C)c3)c(=O)c2C)c1. The third kappa shape index (κ3) is 5.13. The standard InChI is InChI=1S/C28H30N4O4/c1-17-15-30-27(28(4,5)34)31-25(17)23-14-21(10-11-29-23)32-18(2)12-24(19(3)26(32)33)36-16-20-8-7-9-22(13-20)35-6/h7-15,34H,16H2,1-6H3. The van der Waals surface area contributed by atoms with Gasteiger partial charge in [0.2, 0.25) is 0 Å². The van der Waals surface area contributed by atoms with Gasteiger partial charge in [0.05, 0.1) is 29.7 Å². The van der Waals surface area contributed by atoms with E-state index in [1.165, 1.54) is 0 Å². The highest BCUT2D eigenvalue weighted by Gasteiger charge is 2.22. The quantitative estimate of drug-likeness (QED) is 0.413. The van der Waals surface area contributed by atoms with Gasteiger partial charge in [-0.1, -0.05) is 12.1 Å². The normalized spacial score (nSPS) is 11.4. The number of rotatable bonds is 7. The summed E-state index contributed by atoms with van der Waals surface area (Å²) in [6, 6.07) is 13.1. The van der Waals surface area contributed by atoms with Crippen LogP contribution >= 0.6 is 0 Å². The zero-order valence-corrected chi connectivity index (χ0v) is 21.4. The smallest absolute Gasteiger partial charge is 0.261 e. The maximum atomic E-state index is 13.4. The second kappa shape index (κ2) is 9.91. The summed E-state index contributed by atoms with van der Waals surface area (Å²) < 4.78 is 12.9. The Morgan fingerprint density at radius 1 is 1.06 bits per heavy atom. The minimum Gasteiger partial charge on any atom is -0.497 e. The van der Waals surface area contributed by atoms with Gasteiger partial charge >= 0.3 is 0 Å². The lowest BCUT2D eigenvalue weighted by molar-refractivity contribution is 0.0688. The molecule has 0 fully saturated rings. The Bertz CT molecular complexity index is 1470. The number of benzene rings is 1. The van der Waals surface area contributed by atoms with Gasteiger partial charge in [-0.05, 0) is 70.0 Å². The molecule has 0 aliphatic carbocycles. The number of hydrogen-bond donors (Lipinski definition) is 1. The zero-order chi connectivity index (χ0) is 26.0. The van der Waals surface area contributed by atoms with Crippen molar-refractivity contribution in [3.05, 3.63) is 93.4 Å². The van der Waals surface area contributed by atoms with Crippen LogP contribution in [0.4, 0.5) is 0 Å². The average molecular weight is 487 g/mol. The van der Waals surface area contributed by atoms with Crippen molar-refractivity contribution in [1.29, 1.82) is 0 Å². The molecular weight excluding hydrogens is 456 g/mol. The number of aromatic nitrogens is 4. The number of hydrogen-bond acceptors (Lipinski definition) is 7. The third-order valence-electron chi connectivity index (χ3n) is 5.88. The molecule has 0 amide bonds. The van der Waals surface area contributed by atoms with Crippen molar-refractivity contribution in [2.45, 2.75) is 46.8 Å². The molecule has 186 valence electrons. The van der Waals surface area contributed by atoms with E-state index in [-0.39, 0.29) is 5.56 Å². The summed E-state index contributed by atoms with van der Waals surface area (Å²) in [6.45, 7) is 9.09. The van der Waals surface area contributed by atoms with Gasteiger partial charge in [-0.2, -0.15) is 0 Å². The van der Waals surface area contributed by atoms with Crippen molar-refractivity contribution >= 4 is 0 Å². The van der Waals surface area contributed by atoms with Crippen molar-refractivity contribution in [2.24, 2.45) is 0 Å². The van der Waals surface area contributed by atoms with E-state index in [9.17, 15) is 9.90 Å². The van der Waals surface area contributed by atoms with Crippen LogP contribution in [0.1, 0.15) is 42.1 Å². The van der Waals surface area contributed by atoms with Gasteiger partial charge in [-0.3, -0.25) is 14.3 Å². The molecule has 4 rings (SSSR count). The molecule has 0 radical (unpaired) electrons. The highest BCUT2D eigenvalue weighted by molar-refractivity contribution is 5.61. The van der Waals surface area contributed by atoms with Crippen LogP contribution in [0.25, 0.3) is 17.1 Å². The lowest BCUT2D eigenvalue weighted by Crippen LogP contribution is -2.24. The Labute approximate surface area is 210 Å². The van der Waals surface area contributed by atoms with Gasteiger partial charge in [0.15, 0.2) is 5.82 Å². The van der Waals surface area contributed by atoms with Gasteiger partial charge in [0, 0.05) is 24.2 Å². The topological polar surface area (TPSA) is 99.4 Å². The average Bonchev–Trinajstić information content (AvgIpc) is 2.85. The van der Waals surface area contributed by atoms with Crippen LogP contribution in [-0.4, -0.2) is 31.7 Å². The Morgan fingerprint density at radius 3 is 2.56 bits per heavy atom. The number of aliphatic hydroxyl groups is 1. The summed E-state index contributed by atoms with van der Waals surface area (Å²) in [5.41, 5.74) is 3.46. The second-order valence-electron chi connectivity index (χ2n) is 9.24. The molecule has 1 N–H and O–H groups in total. The van der Waals surface area contributed by atoms with E-state index in [0.29, 0.717) is 40.8 Å². The van der Waals surface area contributed by atoms with Crippen molar-refractivity contribution in [1.82, 2.24) is 19.5 Å². The van der Waals surface area contributed by atoms with Crippen LogP contribution in [0, 0.1) is 20.8 Å². The molecule has 8 heteroatoms. The number of pyridine rings is 2. The molecule has 36 heavy (non-hydrogen) atoms. The van der Waals surface area contributed by atoms with E-state index in [4.69, 9.17) is 9.47 Å². The fourth-order valence-corrected chi connectivity index (χ4v) is 3.87.